The van der Waals surface area contributed by atoms with Crippen molar-refractivity contribution in [3.8, 4) is 11.5 Å². The van der Waals surface area contributed by atoms with Crippen molar-refractivity contribution >= 4 is 40.5 Å². The highest BCUT2D eigenvalue weighted by atomic mass is 32.2. The van der Waals surface area contributed by atoms with Crippen molar-refractivity contribution < 1.29 is 14.3 Å². The zero-order valence-corrected chi connectivity index (χ0v) is 15.3. The first-order valence-electron chi connectivity index (χ1n) is 7.63. The molecule has 136 valence electrons. The van der Waals surface area contributed by atoms with Crippen molar-refractivity contribution in [2.45, 2.75) is 11.9 Å². The second kappa shape index (κ2) is 7.48. The van der Waals surface area contributed by atoms with Crippen molar-refractivity contribution in [2.75, 3.05) is 31.0 Å². The molecule has 3 aromatic rings. The van der Waals surface area contributed by atoms with Gasteiger partial charge in [0.05, 0.1) is 26.3 Å². The molecule has 0 spiro atoms. The summed E-state index contributed by atoms with van der Waals surface area (Å²) in [5.74, 6) is 1.23. The number of benzene rings is 1. The number of hydrogen-bond donors (Lipinski definition) is 3. The number of aryl methyl sites for hydroxylation is 1. The molecule has 2 aromatic heterocycles. The minimum Gasteiger partial charge on any atom is -0.493 e. The van der Waals surface area contributed by atoms with E-state index < -0.39 is 0 Å². The minimum atomic E-state index is -0.185. The number of nitrogens with zero attached hydrogens (tertiary/aromatic N) is 3. The Balaban J connectivity index is 1.72. The molecule has 0 saturated carbocycles. The number of aromatic amines is 1. The van der Waals surface area contributed by atoms with Gasteiger partial charge in [-0.15, -0.1) is 0 Å². The first-order chi connectivity index (χ1) is 12.5. The van der Waals surface area contributed by atoms with Crippen molar-refractivity contribution in [3.63, 3.8) is 0 Å². The number of anilines is 2. The van der Waals surface area contributed by atoms with Crippen molar-refractivity contribution in [1.82, 2.24) is 19.9 Å². The van der Waals surface area contributed by atoms with Crippen LogP contribution < -0.4 is 20.5 Å². The molecule has 0 aliphatic heterocycles. The maximum atomic E-state index is 12.3. The molecule has 9 nitrogen and oxygen atoms in total. The number of nitrogens with two attached hydrogens (primary N) is 1. The monoisotopic (exact) mass is 374 g/mol. The lowest BCUT2D eigenvalue weighted by Gasteiger charge is -2.13. The van der Waals surface area contributed by atoms with Gasteiger partial charge in [-0.05, 0) is 18.6 Å². The highest BCUT2D eigenvalue weighted by Gasteiger charge is 2.14. The number of ether oxygens (including phenoxy) is 2. The smallest absolute Gasteiger partial charge is 0.234 e. The summed E-state index contributed by atoms with van der Waals surface area (Å²) < 4.78 is 10.5. The van der Waals surface area contributed by atoms with E-state index in [0.717, 1.165) is 5.56 Å². The van der Waals surface area contributed by atoms with E-state index in [1.54, 1.807) is 26.4 Å². The predicted molar refractivity (Wildman–Crippen MR) is 99.7 cm³/mol. The summed E-state index contributed by atoms with van der Waals surface area (Å²) in [7, 11) is 3.11. The molecule has 0 bridgehead atoms. The largest absolute Gasteiger partial charge is 0.493 e. The SMILES string of the molecule is COc1cc(C)c(NC(=O)CSc2nc(N)nc3nc[nH]c23)cc1OC. The van der Waals surface area contributed by atoms with Gasteiger partial charge in [-0.2, -0.15) is 4.98 Å². The molecule has 0 fully saturated rings. The Labute approximate surface area is 153 Å². The van der Waals surface area contributed by atoms with Gasteiger partial charge in [0.15, 0.2) is 17.1 Å². The van der Waals surface area contributed by atoms with Gasteiger partial charge in [0.2, 0.25) is 11.9 Å². The van der Waals surface area contributed by atoms with E-state index in [0.29, 0.717) is 33.4 Å². The van der Waals surface area contributed by atoms with Gasteiger partial charge in [-0.1, -0.05) is 11.8 Å². The van der Waals surface area contributed by atoms with Crippen LogP contribution in [0.25, 0.3) is 11.2 Å². The minimum absolute atomic E-state index is 0.114. The number of methoxy groups -OCH3 is 2. The quantitative estimate of drug-likeness (QED) is 0.441. The van der Waals surface area contributed by atoms with Gasteiger partial charge in [0.25, 0.3) is 0 Å². The van der Waals surface area contributed by atoms with E-state index in [2.05, 4.69) is 25.3 Å². The number of fused-ring (bicyclic) bond motifs is 1. The third-order valence-corrected chi connectivity index (χ3v) is 4.59. The fourth-order valence-electron chi connectivity index (χ4n) is 2.36. The third kappa shape index (κ3) is 3.64. The Morgan fingerprint density at radius 3 is 2.73 bits per heavy atom. The van der Waals surface area contributed by atoms with Crippen molar-refractivity contribution in [2.24, 2.45) is 0 Å². The summed E-state index contributed by atoms with van der Waals surface area (Å²) in [6.45, 7) is 1.88. The number of amides is 1. The average Bonchev–Trinajstić information content (AvgIpc) is 3.09. The summed E-state index contributed by atoms with van der Waals surface area (Å²) in [4.78, 5) is 27.5. The van der Waals surface area contributed by atoms with Crippen LogP contribution in [0.1, 0.15) is 5.56 Å². The molecule has 0 atom stereocenters. The number of H-pyrrole nitrogens is 1. The Kier molecular flexibility index (Phi) is 5.12. The van der Waals surface area contributed by atoms with Crippen LogP contribution in [0, 0.1) is 6.92 Å². The van der Waals surface area contributed by atoms with Crippen LogP contribution in [0.4, 0.5) is 11.6 Å². The summed E-state index contributed by atoms with van der Waals surface area (Å²) >= 11 is 1.25. The second-order valence-corrected chi connectivity index (χ2v) is 6.31. The van der Waals surface area contributed by atoms with Gasteiger partial charge in [0.1, 0.15) is 10.5 Å². The Morgan fingerprint density at radius 1 is 1.27 bits per heavy atom. The molecule has 0 radical (unpaired) electrons. The number of carbonyl (C=O) groups excluding carboxylic acids is 1. The van der Waals surface area contributed by atoms with Crippen molar-refractivity contribution in [1.29, 1.82) is 0 Å². The predicted octanol–water partition coefficient (Wildman–Crippen LogP) is 1.99. The molecule has 0 aliphatic rings. The normalized spacial score (nSPS) is 10.7. The molecule has 0 unspecified atom stereocenters. The van der Waals surface area contributed by atoms with E-state index in [1.807, 2.05) is 6.92 Å². The molecule has 10 heteroatoms. The summed E-state index contributed by atoms with van der Waals surface area (Å²) in [5.41, 5.74) is 8.32. The molecule has 3 rings (SSSR count). The average molecular weight is 374 g/mol. The molecule has 1 aromatic carbocycles. The number of nitrogen functional groups attached to an aromatic ring is 1. The van der Waals surface area contributed by atoms with E-state index >= 15 is 0 Å². The van der Waals surface area contributed by atoms with Crippen LogP contribution in [-0.2, 0) is 4.79 Å². The number of thioether (sulfide) groups is 1. The number of aromatic nitrogens is 4. The molecule has 0 saturated heterocycles. The van der Waals surface area contributed by atoms with Gasteiger partial charge in [-0.3, -0.25) is 4.79 Å². The maximum Gasteiger partial charge on any atom is 0.234 e. The standard InChI is InChI=1S/C16H18N6O3S/c1-8-4-10(24-2)11(25-3)5-9(8)20-12(23)6-26-15-13-14(19-7-18-13)21-16(17)22-15/h4-5,7H,6H2,1-3H3,(H,20,23)(H3,17,18,19,21,22). The molecule has 1 amide bonds. The van der Waals surface area contributed by atoms with Gasteiger partial charge in [0, 0.05) is 11.8 Å². The number of rotatable bonds is 6. The fourth-order valence-corrected chi connectivity index (χ4v) is 3.16. The Hall–Kier alpha value is -3.01. The molecule has 0 aliphatic carbocycles. The topological polar surface area (TPSA) is 128 Å². The lowest BCUT2D eigenvalue weighted by molar-refractivity contribution is -0.113. The molecule has 26 heavy (non-hydrogen) atoms. The maximum absolute atomic E-state index is 12.3. The Morgan fingerprint density at radius 2 is 2.00 bits per heavy atom. The highest BCUT2D eigenvalue weighted by Crippen LogP contribution is 2.33. The summed E-state index contributed by atoms with van der Waals surface area (Å²) in [5, 5.41) is 3.44. The zero-order chi connectivity index (χ0) is 18.7. The summed E-state index contributed by atoms with van der Waals surface area (Å²) in [6.07, 6.45) is 1.51. The zero-order valence-electron chi connectivity index (χ0n) is 14.5. The second-order valence-electron chi connectivity index (χ2n) is 5.35. The lowest BCUT2D eigenvalue weighted by atomic mass is 10.1. The Bertz CT molecular complexity index is 959. The van der Waals surface area contributed by atoms with Crippen LogP contribution in [-0.4, -0.2) is 45.8 Å². The highest BCUT2D eigenvalue weighted by molar-refractivity contribution is 8.00. The first kappa shape index (κ1) is 17.8. The van der Waals surface area contributed by atoms with Crippen molar-refractivity contribution in [3.05, 3.63) is 24.0 Å². The molecule has 2 heterocycles. The lowest BCUT2D eigenvalue weighted by Crippen LogP contribution is -2.15. The third-order valence-electron chi connectivity index (χ3n) is 3.61. The summed E-state index contributed by atoms with van der Waals surface area (Å²) in [6, 6.07) is 3.54. The van der Waals surface area contributed by atoms with Crippen LogP contribution >= 0.6 is 11.8 Å². The van der Waals surface area contributed by atoms with Crippen LogP contribution in [0.3, 0.4) is 0 Å². The number of carbonyl (C=O) groups is 1. The van der Waals surface area contributed by atoms with Crippen LogP contribution in [0.2, 0.25) is 0 Å². The number of imidazole rings is 1. The first-order valence-corrected chi connectivity index (χ1v) is 8.62. The molecular formula is C16H18N6O3S. The van der Waals surface area contributed by atoms with Gasteiger partial charge < -0.3 is 25.5 Å². The van der Waals surface area contributed by atoms with Gasteiger partial charge >= 0.3 is 0 Å². The number of hydrogen-bond acceptors (Lipinski definition) is 8. The number of nitrogens with one attached hydrogen (secondary N) is 2. The van der Waals surface area contributed by atoms with E-state index in [-0.39, 0.29) is 17.6 Å². The molecular weight excluding hydrogens is 356 g/mol. The van der Waals surface area contributed by atoms with E-state index in [1.165, 1.54) is 18.1 Å². The van der Waals surface area contributed by atoms with Crippen LogP contribution in [0.15, 0.2) is 23.5 Å². The van der Waals surface area contributed by atoms with Crippen LogP contribution in [0.5, 0.6) is 11.5 Å². The van der Waals surface area contributed by atoms with Gasteiger partial charge in [-0.25, -0.2) is 9.97 Å². The fraction of sp³-hybridized carbons (Fsp3) is 0.250. The van der Waals surface area contributed by atoms with E-state index in [4.69, 9.17) is 15.2 Å². The molecule has 4 N–H and O–H groups in total. The van der Waals surface area contributed by atoms with E-state index in [9.17, 15) is 4.79 Å².